The zero-order valence-electron chi connectivity index (χ0n) is 12.3. The van der Waals surface area contributed by atoms with Gasteiger partial charge in [-0.15, -0.1) is 0 Å². The van der Waals surface area contributed by atoms with Crippen LogP contribution < -0.4 is 5.48 Å². The molecule has 3 aromatic rings. The average molecular weight is 310 g/mol. The van der Waals surface area contributed by atoms with Crippen molar-refractivity contribution in [3.05, 3.63) is 59.7 Å². The number of carbonyl (C=O) groups excluding carboxylic acids is 1. The van der Waals surface area contributed by atoms with E-state index in [-0.39, 0.29) is 5.84 Å². The largest absolute Gasteiger partial charge is 0.465 e. The maximum atomic E-state index is 11.6. The molecule has 23 heavy (non-hydrogen) atoms. The number of nitrogens with zero attached hydrogens (tertiary/aromatic N) is 2. The smallest absolute Gasteiger partial charge is 0.337 e. The van der Waals surface area contributed by atoms with Crippen molar-refractivity contribution < 1.29 is 14.7 Å². The Bertz CT molecular complexity index is 871. The maximum Gasteiger partial charge on any atom is 0.337 e. The van der Waals surface area contributed by atoms with Crippen molar-refractivity contribution in [1.29, 1.82) is 0 Å². The number of nitrogens with one attached hydrogen (secondary N) is 2. The van der Waals surface area contributed by atoms with E-state index in [0.717, 1.165) is 5.52 Å². The molecule has 0 atom stereocenters. The van der Waals surface area contributed by atoms with Gasteiger partial charge in [0.05, 0.1) is 18.2 Å². The van der Waals surface area contributed by atoms with Crippen LogP contribution >= 0.6 is 0 Å². The Hall–Kier alpha value is -3.19. The minimum atomic E-state index is -0.438. The Morgan fingerprint density at radius 2 is 2.00 bits per heavy atom. The molecule has 0 aliphatic heterocycles. The maximum absolute atomic E-state index is 11.6. The lowest BCUT2D eigenvalue weighted by Gasteiger charge is -2.03. The zero-order chi connectivity index (χ0) is 16.2. The minimum Gasteiger partial charge on any atom is -0.465 e. The van der Waals surface area contributed by atoms with Crippen LogP contribution in [0.3, 0.4) is 0 Å². The van der Waals surface area contributed by atoms with Crippen LogP contribution in [0.1, 0.15) is 15.9 Å². The summed E-state index contributed by atoms with van der Waals surface area (Å²) in [5, 5.41) is 16.9. The molecule has 0 amide bonds. The summed E-state index contributed by atoms with van der Waals surface area (Å²) in [4.78, 5) is 16.0. The normalized spacial score (nSPS) is 11.5. The van der Waals surface area contributed by atoms with Crippen molar-refractivity contribution in [2.45, 2.75) is 0 Å². The topological polar surface area (TPSA) is 99.6 Å². The molecule has 7 heteroatoms. The first kappa shape index (κ1) is 14.7. The van der Waals surface area contributed by atoms with E-state index in [1.165, 1.54) is 7.11 Å². The highest BCUT2D eigenvalue weighted by atomic mass is 16.5. The van der Waals surface area contributed by atoms with Crippen LogP contribution in [-0.4, -0.2) is 34.3 Å². The summed E-state index contributed by atoms with van der Waals surface area (Å²) in [6, 6.07) is 14.1. The number of aliphatic imine (C=N–C) groups is 1. The number of H-pyrrole nitrogens is 1. The van der Waals surface area contributed by atoms with Gasteiger partial charge >= 0.3 is 5.97 Å². The predicted octanol–water partition coefficient (Wildman–Crippen LogP) is 2.41. The monoisotopic (exact) mass is 310 g/mol. The average Bonchev–Trinajstić information content (AvgIpc) is 3.01. The third kappa shape index (κ3) is 2.90. The van der Waals surface area contributed by atoms with E-state index in [2.05, 4.69) is 20.7 Å². The van der Waals surface area contributed by atoms with E-state index in [1.54, 1.807) is 30.3 Å². The number of amidine groups is 1. The first-order chi connectivity index (χ1) is 11.2. The molecule has 0 saturated heterocycles. The quantitative estimate of drug-likeness (QED) is 0.298. The number of ether oxygens (including phenoxy) is 1. The first-order valence-electron chi connectivity index (χ1n) is 6.83. The van der Waals surface area contributed by atoms with Gasteiger partial charge in [0.15, 0.2) is 11.7 Å². The van der Waals surface area contributed by atoms with Gasteiger partial charge in [-0.25, -0.2) is 9.79 Å². The summed E-state index contributed by atoms with van der Waals surface area (Å²) in [5.41, 5.74) is 3.90. The number of benzene rings is 2. The molecule has 0 radical (unpaired) electrons. The first-order valence-corrected chi connectivity index (χ1v) is 6.83. The van der Waals surface area contributed by atoms with Gasteiger partial charge in [-0.1, -0.05) is 30.3 Å². The van der Waals surface area contributed by atoms with E-state index in [9.17, 15) is 10.0 Å². The number of esters is 1. The molecule has 1 heterocycles. The number of hydrogen-bond donors (Lipinski definition) is 3. The molecule has 3 rings (SSSR count). The summed E-state index contributed by atoms with van der Waals surface area (Å²) in [5.74, 6) is 0.167. The third-order valence-electron chi connectivity index (χ3n) is 3.33. The highest BCUT2D eigenvalue weighted by Crippen LogP contribution is 2.25. The number of hydrogen-bond acceptors (Lipinski definition) is 5. The van der Waals surface area contributed by atoms with Crippen LogP contribution in [0.4, 0.5) is 5.82 Å². The van der Waals surface area contributed by atoms with Crippen molar-refractivity contribution in [2.24, 2.45) is 4.99 Å². The molecular weight excluding hydrogens is 296 g/mol. The highest BCUT2D eigenvalue weighted by Gasteiger charge is 2.12. The summed E-state index contributed by atoms with van der Waals surface area (Å²) >= 11 is 0. The number of hydroxylamine groups is 1. The van der Waals surface area contributed by atoms with E-state index in [0.29, 0.717) is 22.3 Å². The molecule has 0 spiro atoms. The molecule has 2 aromatic carbocycles. The number of carbonyl (C=O) groups is 1. The van der Waals surface area contributed by atoms with Gasteiger partial charge < -0.3 is 4.74 Å². The zero-order valence-corrected chi connectivity index (χ0v) is 12.3. The second-order valence-corrected chi connectivity index (χ2v) is 4.74. The summed E-state index contributed by atoms with van der Waals surface area (Å²) in [7, 11) is 1.32. The Labute approximate surface area is 131 Å². The molecule has 0 bridgehead atoms. The Kier molecular flexibility index (Phi) is 4.03. The second kappa shape index (κ2) is 6.29. The number of aromatic amines is 1. The van der Waals surface area contributed by atoms with E-state index >= 15 is 0 Å². The minimum absolute atomic E-state index is 0.252. The number of rotatable bonds is 3. The van der Waals surface area contributed by atoms with Gasteiger partial charge in [0.2, 0.25) is 0 Å². The van der Waals surface area contributed by atoms with E-state index in [1.807, 2.05) is 18.2 Å². The number of aromatic nitrogens is 2. The SMILES string of the molecule is COC(=O)c1ccc2[nH]nc(N=C(NO)c3ccccc3)c2c1. The number of methoxy groups -OCH3 is 1. The van der Waals surface area contributed by atoms with Gasteiger partial charge in [-0.05, 0) is 18.2 Å². The molecule has 116 valence electrons. The van der Waals surface area contributed by atoms with Crippen LogP contribution in [0.2, 0.25) is 0 Å². The lowest BCUT2D eigenvalue weighted by Crippen LogP contribution is -2.19. The number of fused-ring (bicyclic) bond motifs is 1. The Morgan fingerprint density at radius 3 is 2.70 bits per heavy atom. The van der Waals surface area contributed by atoms with Crippen molar-refractivity contribution in [2.75, 3.05) is 7.11 Å². The van der Waals surface area contributed by atoms with Gasteiger partial charge in [-0.3, -0.25) is 15.8 Å². The summed E-state index contributed by atoms with van der Waals surface area (Å²) < 4.78 is 4.72. The Morgan fingerprint density at radius 1 is 1.22 bits per heavy atom. The fourth-order valence-corrected chi connectivity index (χ4v) is 2.19. The fourth-order valence-electron chi connectivity index (χ4n) is 2.19. The van der Waals surface area contributed by atoms with E-state index in [4.69, 9.17) is 4.74 Å². The van der Waals surface area contributed by atoms with E-state index < -0.39 is 5.97 Å². The van der Waals surface area contributed by atoms with Gasteiger partial charge in [0, 0.05) is 10.9 Å². The van der Waals surface area contributed by atoms with Crippen molar-refractivity contribution in [3.8, 4) is 0 Å². The predicted molar refractivity (Wildman–Crippen MR) is 85.0 cm³/mol. The molecule has 0 saturated carbocycles. The third-order valence-corrected chi connectivity index (χ3v) is 3.33. The van der Waals surface area contributed by atoms with Crippen molar-refractivity contribution >= 4 is 28.5 Å². The fraction of sp³-hybridized carbons (Fsp3) is 0.0625. The molecule has 0 fully saturated rings. The van der Waals surface area contributed by atoms with Crippen LogP contribution in [0.15, 0.2) is 53.5 Å². The molecule has 0 aliphatic rings. The second-order valence-electron chi connectivity index (χ2n) is 4.74. The Balaban J connectivity index is 2.08. The van der Waals surface area contributed by atoms with Gasteiger partial charge in [0.25, 0.3) is 0 Å². The van der Waals surface area contributed by atoms with Gasteiger partial charge in [-0.2, -0.15) is 5.10 Å². The summed E-state index contributed by atoms with van der Waals surface area (Å²) in [6.45, 7) is 0. The molecule has 0 aliphatic carbocycles. The van der Waals surface area contributed by atoms with Crippen LogP contribution in [0, 0.1) is 0 Å². The molecule has 0 unspecified atom stereocenters. The van der Waals surface area contributed by atoms with Crippen LogP contribution in [0.25, 0.3) is 10.9 Å². The lowest BCUT2D eigenvalue weighted by atomic mass is 10.1. The molecule has 7 nitrogen and oxygen atoms in total. The molecular formula is C16H14N4O3. The van der Waals surface area contributed by atoms with Crippen molar-refractivity contribution in [3.63, 3.8) is 0 Å². The molecule has 3 N–H and O–H groups in total. The van der Waals surface area contributed by atoms with Gasteiger partial charge in [0.1, 0.15) is 0 Å². The standard InChI is InChI=1S/C16H14N4O3/c1-23-16(21)11-7-8-13-12(9-11)15(19-18-13)17-14(20-22)10-5-3-2-4-6-10/h2-9,22H,1H3,(H2,17,18,19,20). The molecule has 1 aromatic heterocycles. The van der Waals surface area contributed by atoms with Crippen molar-refractivity contribution in [1.82, 2.24) is 15.7 Å². The van der Waals surface area contributed by atoms with Crippen LogP contribution in [-0.2, 0) is 4.74 Å². The summed E-state index contributed by atoms with van der Waals surface area (Å²) in [6.07, 6.45) is 0. The highest BCUT2D eigenvalue weighted by molar-refractivity contribution is 6.03. The lowest BCUT2D eigenvalue weighted by molar-refractivity contribution is 0.0601. The van der Waals surface area contributed by atoms with Crippen LogP contribution in [0.5, 0.6) is 0 Å².